The van der Waals surface area contributed by atoms with E-state index in [-0.39, 0.29) is 35.5 Å². The van der Waals surface area contributed by atoms with E-state index >= 15 is 0 Å². The standard InChI is InChI=1S/C20H33N3O5.C4H11N/c1-7-21-19(25)15(20(26)22-9-10-23(3,4)8-2)11-14-12-16(27-5)18(24)17(13-14)28-6;1-4-5(2)3/h12-13,15H,7-11H2,1-6H3,(H2-,21,22,24,25,26);4H2,1-3H3/p+2. The molecule has 0 aliphatic heterocycles. The van der Waals surface area contributed by atoms with Gasteiger partial charge < -0.3 is 34.6 Å². The van der Waals surface area contributed by atoms with Gasteiger partial charge in [0.1, 0.15) is 5.92 Å². The summed E-state index contributed by atoms with van der Waals surface area (Å²) >= 11 is 0. The van der Waals surface area contributed by atoms with E-state index in [1.165, 1.54) is 25.7 Å². The second kappa shape index (κ2) is 15.3. The van der Waals surface area contributed by atoms with Crippen LogP contribution in [0.1, 0.15) is 26.3 Å². The van der Waals surface area contributed by atoms with E-state index in [9.17, 15) is 14.7 Å². The second-order valence-electron chi connectivity index (χ2n) is 8.83. The summed E-state index contributed by atoms with van der Waals surface area (Å²) in [7, 11) is 11.3. The average Bonchev–Trinajstić information content (AvgIpc) is 2.78. The van der Waals surface area contributed by atoms with Crippen LogP contribution in [-0.2, 0) is 16.0 Å². The van der Waals surface area contributed by atoms with E-state index in [4.69, 9.17) is 9.47 Å². The first-order valence-corrected chi connectivity index (χ1v) is 11.6. The number of methoxy groups -OCH3 is 2. The van der Waals surface area contributed by atoms with E-state index in [0.29, 0.717) is 18.7 Å². The number of nitrogens with zero attached hydrogens (tertiary/aromatic N) is 1. The molecule has 0 spiro atoms. The Morgan fingerprint density at radius 3 is 1.91 bits per heavy atom. The molecule has 0 saturated heterocycles. The third-order valence-corrected chi connectivity index (χ3v) is 5.54. The van der Waals surface area contributed by atoms with Gasteiger partial charge in [0.2, 0.25) is 17.6 Å². The highest BCUT2D eigenvalue weighted by Gasteiger charge is 2.28. The number of carbonyl (C=O) groups excluding carboxylic acids is 2. The van der Waals surface area contributed by atoms with Gasteiger partial charge >= 0.3 is 0 Å². The molecule has 9 nitrogen and oxygen atoms in total. The molecule has 0 bridgehead atoms. The summed E-state index contributed by atoms with van der Waals surface area (Å²) in [5.74, 6) is -1.22. The van der Waals surface area contributed by atoms with Crippen molar-refractivity contribution in [3.05, 3.63) is 17.7 Å². The number of benzene rings is 1. The number of likely N-dealkylation sites (N-methyl/N-ethyl adjacent to an activating group) is 1. The van der Waals surface area contributed by atoms with Crippen molar-refractivity contribution in [1.82, 2.24) is 10.6 Å². The molecule has 2 amide bonds. The number of phenols is 1. The van der Waals surface area contributed by atoms with Crippen molar-refractivity contribution in [2.75, 3.05) is 75.1 Å². The molecule has 0 aromatic heterocycles. The lowest BCUT2D eigenvalue weighted by Gasteiger charge is -2.28. The average molecular weight is 471 g/mol. The van der Waals surface area contributed by atoms with Crippen LogP contribution in [0.2, 0.25) is 0 Å². The second-order valence-corrected chi connectivity index (χ2v) is 8.83. The summed E-state index contributed by atoms with van der Waals surface area (Å²) in [5.41, 5.74) is 0.655. The van der Waals surface area contributed by atoms with E-state index in [1.54, 1.807) is 19.1 Å². The van der Waals surface area contributed by atoms with Gasteiger partial charge in [-0.05, 0) is 44.9 Å². The topological polar surface area (TPSA) is 101 Å². The van der Waals surface area contributed by atoms with Gasteiger partial charge in [-0.2, -0.15) is 0 Å². The van der Waals surface area contributed by atoms with Gasteiger partial charge in [-0.3, -0.25) is 9.59 Å². The van der Waals surface area contributed by atoms with Gasteiger partial charge in [0.15, 0.2) is 11.5 Å². The highest BCUT2D eigenvalue weighted by molar-refractivity contribution is 6.00. The molecular weight excluding hydrogens is 424 g/mol. The number of phenolic OH excluding ortho intramolecular Hbond substituents is 1. The molecule has 0 saturated carbocycles. The van der Waals surface area contributed by atoms with Crippen LogP contribution in [0.25, 0.3) is 0 Å². The Kier molecular flexibility index (Phi) is 14.2. The summed E-state index contributed by atoms with van der Waals surface area (Å²) in [4.78, 5) is 26.7. The van der Waals surface area contributed by atoms with Crippen molar-refractivity contribution in [2.24, 2.45) is 5.92 Å². The quantitative estimate of drug-likeness (QED) is 0.256. The molecule has 0 radical (unpaired) electrons. The van der Waals surface area contributed by atoms with Crippen molar-refractivity contribution < 1.29 is 33.6 Å². The predicted octanol–water partition coefficient (Wildman–Crippen LogP) is 0.0675. The van der Waals surface area contributed by atoms with E-state index < -0.39 is 5.92 Å². The molecule has 190 valence electrons. The summed E-state index contributed by atoms with van der Waals surface area (Å²) in [6, 6.07) is 3.21. The first kappa shape index (κ1) is 30.5. The van der Waals surface area contributed by atoms with Crippen LogP contribution in [0, 0.1) is 5.92 Å². The fourth-order valence-corrected chi connectivity index (χ4v) is 2.67. The maximum Gasteiger partial charge on any atom is 0.233 e. The maximum absolute atomic E-state index is 12.7. The first-order valence-electron chi connectivity index (χ1n) is 11.6. The van der Waals surface area contributed by atoms with E-state index in [0.717, 1.165) is 17.6 Å². The highest BCUT2D eigenvalue weighted by atomic mass is 16.5. The smallest absolute Gasteiger partial charge is 0.233 e. The van der Waals surface area contributed by atoms with E-state index in [1.807, 2.05) is 0 Å². The molecule has 1 aromatic rings. The molecular formula is C24H46N4O5+2. The van der Waals surface area contributed by atoms with Crippen LogP contribution in [0.15, 0.2) is 12.1 Å². The monoisotopic (exact) mass is 470 g/mol. The van der Waals surface area contributed by atoms with Crippen molar-refractivity contribution in [1.29, 1.82) is 0 Å². The van der Waals surface area contributed by atoms with Gasteiger partial charge in [0.05, 0.1) is 68.6 Å². The Bertz CT molecular complexity index is 713. The fraction of sp³-hybridized carbons (Fsp3) is 0.667. The number of ether oxygens (including phenoxy) is 2. The minimum Gasteiger partial charge on any atom is -0.502 e. The van der Waals surface area contributed by atoms with Gasteiger partial charge in [0, 0.05) is 6.54 Å². The minimum absolute atomic E-state index is 0.118. The number of carbonyl (C=O) groups is 2. The molecule has 1 rings (SSSR count). The molecule has 0 aliphatic rings. The number of quaternary nitrogens is 2. The summed E-state index contributed by atoms with van der Waals surface area (Å²) in [6.07, 6.45) is 0.163. The van der Waals surface area contributed by atoms with Crippen LogP contribution in [-0.4, -0.2) is 96.5 Å². The van der Waals surface area contributed by atoms with Gasteiger partial charge in [-0.25, -0.2) is 0 Å². The normalized spacial score (nSPS) is 11.8. The van der Waals surface area contributed by atoms with Crippen LogP contribution >= 0.6 is 0 Å². The molecule has 1 unspecified atom stereocenters. The molecule has 0 heterocycles. The van der Waals surface area contributed by atoms with Crippen LogP contribution in [0.4, 0.5) is 0 Å². The van der Waals surface area contributed by atoms with Gasteiger partial charge in [-0.1, -0.05) is 0 Å². The summed E-state index contributed by atoms with van der Waals surface area (Å²) in [6.45, 7) is 9.91. The lowest BCUT2D eigenvalue weighted by Crippen LogP contribution is -3.05. The summed E-state index contributed by atoms with van der Waals surface area (Å²) < 4.78 is 11.1. The van der Waals surface area contributed by atoms with Gasteiger partial charge in [-0.15, -0.1) is 0 Å². The zero-order chi connectivity index (χ0) is 25.6. The molecule has 9 heteroatoms. The predicted molar refractivity (Wildman–Crippen MR) is 131 cm³/mol. The Morgan fingerprint density at radius 2 is 1.52 bits per heavy atom. The largest absolute Gasteiger partial charge is 0.502 e. The Balaban J connectivity index is 0.00000184. The third kappa shape index (κ3) is 11.3. The number of nitrogens with one attached hydrogen (secondary N) is 3. The molecule has 0 fully saturated rings. The van der Waals surface area contributed by atoms with Gasteiger partial charge in [0.25, 0.3) is 0 Å². The Hall–Kier alpha value is -2.52. The van der Waals surface area contributed by atoms with E-state index in [2.05, 4.69) is 52.7 Å². The fourth-order valence-electron chi connectivity index (χ4n) is 2.67. The van der Waals surface area contributed by atoms with Crippen LogP contribution in [0.3, 0.4) is 0 Å². The van der Waals surface area contributed by atoms with Crippen molar-refractivity contribution in [2.45, 2.75) is 27.2 Å². The Labute approximate surface area is 199 Å². The van der Waals surface area contributed by atoms with Crippen molar-refractivity contribution >= 4 is 11.8 Å². The first-order chi connectivity index (χ1) is 15.5. The number of hydrogen-bond donors (Lipinski definition) is 4. The van der Waals surface area contributed by atoms with Crippen LogP contribution in [0.5, 0.6) is 17.2 Å². The lowest BCUT2D eigenvalue weighted by atomic mass is 9.96. The van der Waals surface area contributed by atoms with Crippen molar-refractivity contribution in [3.8, 4) is 17.2 Å². The molecule has 33 heavy (non-hydrogen) atoms. The number of aromatic hydroxyl groups is 1. The highest BCUT2D eigenvalue weighted by Crippen LogP contribution is 2.37. The zero-order valence-corrected chi connectivity index (χ0v) is 22.0. The molecule has 1 atom stereocenters. The van der Waals surface area contributed by atoms with Crippen LogP contribution < -0.4 is 25.0 Å². The SMILES string of the molecule is CCNC(=O)C(Cc1cc(OC)c(O)c(OC)c1)C(=O)NCC[N+](C)(C)CC.CC[NH+](C)C. The lowest BCUT2D eigenvalue weighted by molar-refractivity contribution is -0.887. The minimum atomic E-state index is -0.892. The number of hydrogen-bond acceptors (Lipinski definition) is 5. The molecule has 0 aliphatic carbocycles. The molecule has 4 N–H and O–H groups in total. The molecule has 1 aromatic carbocycles. The maximum atomic E-state index is 12.7. The zero-order valence-electron chi connectivity index (χ0n) is 22.0. The summed E-state index contributed by atoms with van der Waals surface area (Å²) in [5, 5.41) is 15.6. The number of amides is 2. The number of rotatable bonds is 12. The van der Waals surface area contributed by atoms with Crippen molar-refractivity contribution in [3.63, 3.8) is 0 Å². The Morgan fingerprint density at radius 1 is 1.03 bits per heavy atom. The third-order valence-electron chi connectivity index (χ3n) is 5.54.